The molecule has 1 heteroatoms. The van der Waals surface area contributed by atoms with Crippen LogP contribution in [0.5, 0.6) is 0 Å². The van der Waals surface area contributed by atoms with Gasteiger partial charge in [-0.25, -0.2) is 0 Å². The molecule has 0 aliphatic heterocycles. The summed E-state index contributed by atoms with van der Waals surface area (Å²) in [6, 6.07) is 16.4. The standard InChI is InChI=1S/C27H36N/c1-9-20(10-2)21-12-14-24-22(16-21)15-19(4)28(8)26(24)25-17-23(27(5,6)7)13-11-18(25)3/h11-17,20H,9-10H2,1-8H3/q+1. The Morgan fingerprint density at radius 1 is 0.893 bits per heavy atom. The highest BCUT2D eigenvalue weighted by molar-refractivity contribution is 5.94. The molecule has 0 unspecified atom stereocenters. The third-order valence-corrected chi connectivity index (χ3v) is 6.38. The minimum Gasteiger partial charge on any atom is -0.198 e. The van der Waals surface area contributed by atoms with Gasteiger partial charge in [0.15, 0.2) is 5.69 Å². The predicted octanol–water partition coefficient (Wildman–Crippen LogP) is 7.15. The van der Waals surface area contributed by atoms with Crippen molar-refractivity contribution in [2.45, 2.75) is 72.6 Å². The van der Waals surface area contributed by atoms with Crippen molar-refractivity contribution in [1.82, 2.24) is 0 Å². The molecule has 0 aliphatic rings. The van der Waals surface area contributed by atoms with E-state index in [-0.39, 0.29) is 5.41 Å². The van der Waals surface area contributed by atoms with Crippen molar-refractivity contribution < 1.29 is 4.57 Å². The SMILES string of the molecule is CCC(CC)c1ccc2c(-c3cc(C(C)(C)C)ccc3C)[n+](C)c(C)cc2c1. The van der Waals surface area contributed by atoms with Crippen molar-refractivity contribution in [2.24, 2.45) is 7.05 Å². The first-order valence-electron chi connectivity index (χ1n) is 10.7. The molecule has 3 rings (SSSR count). The number of benzene rings is 2. The highest BCUT2D eigenvalue weighted by atomic mass is 14.9. The molecule has 148 valence electrons. The summed E-state index contributed by atoms with van der Waals surface area (Å²) in [6.07, 6.45) is 2.39. The van der Waals surface area contributed by atoms with E-state index in [0.717, 1.165) is 0 Å². The van der Waals surface area contributed by atoms with Crippen LogP contribution in [0.3, 0.4) is 0 Å². The molecule has 1 nitrogen and oxygen atoms in total. The van der Waals surface area contributed by atoms with E-state index in [1.54, 1.807) is 0 Å². The first-order chi connectivity index (χ1) is 13.2. The maximum absolute atomic E-state index is 2.42. The Bertz CT molecular complexity index is 1000. The highest BCUT2D eigenvalue weighted by Crippen LogP contribution is 2.34. The molecule has 1 heterocycles. The summed E-state index contributed by atoms with van der Waals surface area (Å²) < 4.78 is 2.36. The number of hydrogen-bond donors (Lipinski definition) is 0. The molecule has 0 aliphatic carbocycles. The Labute approximate surface area is 171 Å². The van der Waals surface area contributed by atoms with Gasteiger partial charge in [0, 0.05) is 13.0 Å². The maximum atomic E-state index is 2.42. The van der Waals surface area contributed by atoms with Crippen LogP contribution in [-0.4, -0.2) is 0 Å². The molecule has 0 spiro atoms. The van der Waals surface area contributed by atoms with Gasteiger partial charge in [-0.1, -0.05) is 58.9 Å². The van der Waals surface area contributed by atoms with E-state index in [2.05, 4.69) is 103 Å². The van der Waals surface area contributed by atoms with Crippen LogP contribution < -0.4 is 4.57 Å². The molecular weight excluding hydrogens is 338 g/mol. The second-order valence-corrected chi connectivity index (χ2v) is 9.33. The first kappa shape index (κ1) is 20.6. The molecule has 0 saturated heterocycles. The van der Waals surface area contributed by atoms with Gasteiger partial charge in [0.25, 0.3) is 0 Å². The third-order valence-electron chi connectivity index (χ3n) is 6.38. The number of pyridine rings is 1. The number of fused-ring (bicyclic) bond motifs is 1. The molecule has 3 aromatic rings. The minimum atomic E-state index is 0.142. The fraction of sp³-hybridized carbons (Fsp3) is 0.444. The van der Waals surface area contributed by atoms with E-state index in [1.165, 1.54) is 57.3 Å². The summed E-state index contributed by atoms with van der Waals surface area (Å²) in [5, 5.41) is 2.70. The van der Waals surface area contributed by atoms with E-state index < -0.39 is 0 Å². The molecule has 0 saturated carbocycles. The van der Waals surface area contributed by atoms with Crippen molar-refractivity contribution in [2.75, 3.05) is 0 Å². The summed E-state index contributed by atoms with van der Waals surface area (Å²) >= 11 is 0. The second kappa shape index (κ2) is 7.70. The molecule has 0 N–H and O–H groups in total. The minimum absolute atomic E-state index is 0.142. The Morgan fingerprint density at radius 2 is 1.57 bits per heavy atom. The highest BCUT2D eigenvalue weighted by Gasteiger charge is 2.23. The van der Waals surface area contributed by atoms with Gasteiger partial charge >= 0.3 is 0 Å². The van der Waals surface area contributed by atoms with Crippen LogP contribution >= 0.6 is 0 Å². The summed E-state index contributed by atoms with van der Waals surface area (Å²) in [6.45, 7) is 15.9. The average Bonchev–Trinajstić information content (AvgIpc) is 2.64. The fourth-order valence-electron chi connectivity index (χ4n) is 4.28. The zero-order valence-electron chi connectivity index (χ0n) is 19.0. The van der Waals surface area contributed by atoms with Crippen molar-refractivity contribution in [3.8, 4) is 11.3 Å². The molecule has 0 radical (unpaired) electrons. The lowest BCUT2D eigenvalue weighted by molar-refractivity contribution is -0.665. The van der Waals surface area contributed by atoms with Gasteiger partial charge in [0.2, 0.25) is 5.69 Å². The number of hydrogen-bond acceptors (Lipinski definition) is 0. The average molecular weight is 375 g/mol. The van der Waals surface area contributed by atoms with E-state index in [0.29, 0.717) is 5.92 Å². The molecular formula is C27H36N+. The molecule has 2 aromatic carbocycles. The molecule has 0 bridgehead atoms. The van der Waals surface area contributed by atoms with E-state index in [4.69, 9.17) is 0 Å². The van der Waals surface area contributed by atoms with E-state index in [1.807, 2.05) is 0 Å². The maximum Gasteiger partial charge on any atom is 0.220 e. The van der Waals surface area contributed by atoms with Gasteiger partial charge < -0.3 is 0 Å². The summed E-state index contributed by atoms with van der Waals surface area (Å²) in [7, 11) is 2.20. The van der Waals surface area contributed by atoms with Crippen molar-refractivity contribution in [1.29, 1.82) is 0 Å². The summed E-state index contributed by atoms with van der Waals surface area (Å²) in [5.74, 6) is 0.646. The normalized spacial score (nSPS) is 12.2. The second-order valence-electron chi connectivity index (χ2n) is 9.33. The number of aryl methyl sites for hydroxylation is 2. The van der Waals surface area contributed by atoms with Crippen molar-refractivity contribution in [3.05, 3.63) is 64.8 Å². The summed E-state index contributed by atoms with van der Waals surface area (Å²) in [5.41, 5.74) is 8.30. The predicted molar refractivity (Wildman–Crippen MR) is 122 cm³/mol. The summed E-state index contributed by atoms with van der Waals surface area (Å²) in [4.78, 5) is 0. The zero-order chi connectivity index (χ0) is 20.6. The van der Waals surface area contributed by atoms with E-state index in [9.17, 15) is 0 Å². The van der Waals surface area contributed by atoms with Gasteiger partial charge in [-0.15, -0.1) is 0 Å². The molecule has 1 aromatic heterocycles. The van der Waals surface area contributed by atoms with Gasteiger partial charge in [-0.3, -0.25) is 0 Å². The van der Waals surface area contributed by atoms with Crippen molar-refractivity contribution in [3.63, 3.8) is 0 Å². The van der Waals surface area contributed by atoms with Crippen LogP contribution in [0.4, 0.5) is 0 Å². The largest absolute Gasteiger partial charge is 0.220 e. The Hall–Kier alpha value is -2.15. The monoisotopic (exact) mass is 374 g/mol. The lowest BCUT2D eigenvalue weighted by atomic mass is 9.84. The van der Waals surface area contributed by atoms with Crippen LogP contribution in [-0.2, 0) is 12.5 Å². The van der Waals surface area contributed by atoms with E-state index >= 15 is 0 Å². The fourth-order valence-corrected chi connectivity index (χ4v) is 4.28. The Kier molecular flexibility index (Phi) is 5.66. The Balaban J connectivity index is 2.31. The van der Waals surface area contributed by atoms with Crippen LogP contribution in [0, 0.1) is 13.8 Å². The number of nitrogens with zero attached hydrogens (tertiary/aromatic N) is 1. The van der Waals surface area contributed by atoms with Gasteiger partial charge in [-0.2, -0.15) is 4.57 Å². The first-order valence-corrected chi connectivity index (χ1v) is 10.7. The lowest BCUT2D eigenvalue weighted by Crippen LogP contribution is -2.35. The third kappa shape index (κ3) is 3.72. The quantitative estimate of drug-likeness (QED) is 0.427. The van der Waals surface area contributed by atoms with Gasteiger partial charge in [0.1, 0.15) is 7.05 Å². The van der Waals surface area contributed by atoms with Crippen LogP contribution in [0.15, 0.2) is 42.5 Å². The molecule has 0 atom stereocenters. The van der Waals surface area contributed by atoms with Crippen LogP contribution in [0.25, 0.3) is 22.0 Å². The van der Waals surface area contributed by atoms with Crippen LogP contribution in [0.2, 0.25) is 0 Å². The van der Waals surface area contributed by atoms with Crippen LogP contribution in [0.1, 0.15) is 75.8 Å². The number of aromatic nitrogens is 1. The Morgan fingerprint density at radius 3 is 2.18 bits per heavy atom. The zero-order valence-corrected chi connectivity index (χ0v) is 19.0. The van der Waals surface area contributed by atoms with Gasteiger partial charge in [-0.05, 0) is 65.3 Å². The molecule has 28 heavy (non-hydrogen) atoms. The van der Waals surface area contributed by atoms with Crippen molar-refractivity contribution >= 4 is 10.8 Å². The lowest BCUT2D eigenvalue weighted by Gasteiger charge is -2.21. The number of rotatable bonds is 4. The molecule has 0 fully saturated rings. The molecule has 0 amide bonds. The van der Waals surface area contributed by atoms with Gasteiger partial charge in [0.05, 0.1) is 10.9 Å². The topological polar surface area (TPSA) is 3.88 Å². The smallest absolute Gasteiger partial charge is 0.198 e.